The molecule has 4 heterocycles. The van der Waals surface area contributed by atoms with Gasteiger partial charge in [-0.25, -0.2) is 38.1 Å². The minimum Gasteiger partial charge on any atom is -0.487 e. The van der Waals surface area contributed by atoms with Crippen LogP contribution in [-0.2, 0) is 111 Å². The SMILES string of the molecule is C=CCOC(=O)C(Cc1ccc(OCc2cn([C@@H]3CCN(C(=O)C(NC(=O)C(C)N(C)C(=O)OC(C)(C)C)C(C)(C)C)[C@@H]3C(=O)NC(Cc3ccc4ccccc4c3)C(=O)O)nn2)cc1)NC(=O)C(Cc1ccc2ccccc2c1)NC(=O)[C@@H]1[C@H](n2cc(COc3ccc(CC(NC(=O)OCC4c5ccccc5-c5ccccc54)C(=O)OC)cc3)nn2)CCN1C(=O)C(NC(=O)C(C)N(C)C(=O)OC(C)(C)C)C(C)(C)C. The number of aromatic nitrogens is 6. The number of carboxylic acid groups (broad SMARTS) is 1. The van der Waals surface area contributed by atoms with Gasteiger partial charge >= 0.3 is 36.2 Å². The fourth-order valence-corrected chi connectivity index (χ4v) is 18.0. The Morgan fingerprint density at radius 2 is 0.849 bits per heavy atom. The van der Waals surface area contributed by atoms with Gasteiger partial charge in [0, 0.05) is 58.8 Å². The van der Waals surface area contributed by atoms with E-state index >= 15 is 24.0 Å². The third-order valence-electron chi connectivity index (χ3n) is 26.0. The lowest BCUT2D eigenvalue weighted by atomic mass is 9.85. The number of carbonyl (C=O) groups excluding carboxylic acids is 12. The number of nitrogens with one attached hydrogen (secondary N) is 6. The van der Waals surface area contributed by atoms with Crippen molar-refractivity contribution in [1.82, 2.24) is 81.5 Å². The van der Waals surface area contributed by atoms with Crippen LogP contribution in [0.15, 0.2) is 207 Å². The standard InChI is InChI=1S/C109H130N16O21/c1-19-52-141-102(136)86(56-67-40-46-77(47-41-67)143-62-75-60-125(119-117-75)88-49-51-123(99(132)92(107(7,8)9)115-94(127)65(3)121(17)105(139)146-109(13,14)15)90(88)97(130)111-84(100(133)134)58-69-37-43-71-29-21-23-31-73(71)54-69)112-95(128)83(57-68-36-42-70-28-20-22-30-72(70)53-68)110-96(129)89-87(48-50-122(89)98(131)91(106(4,5)6)114-93(126)64(2)120(16)104(138)145-108(10,11)12)124-59-74(116-118-124)61-142-76-44-38-66(39-45-76)55-85(101(135)140-18)113-103(137)144-63-82-80-34-26-24-32-78(80)79-33-25-27-35-81(79)82/h19-47,53-54,59-60,64-65,82-92H,1,48-52,55-58,61-63H2,2-18H3,(H,110,129)(H,111,130)(H,112,128)(H,113,137)(H,114,126)(H,115,127)(H,133,134)/t64?,65?,83?,84?,85?,86?,87-,88-,89+,90+,91?,92?/m1/s1. The number of benzene rings is 8. The van der Waals surface area contributed by atoms with Crippen LogP contribution in [0.1, 0.15) is 173 Å². The number of likely N-dealkylation sites (tertiary alicyclic amines) is 2. The number of rotatable bonds is 38. The predicted octanol–water partition coefficient (Wildman–Crippen LogP) is 11.8. The zero-order valence-corrected chi connectivity index (χ0v) is 85.3. The number of methoxy groups -OCH3 is 1. The fraction of sp³-hybridized carbons (Fsp3) is 0.422. The number of hydrogen-bond donors (Lipinski definition) is 7. The summed E-state index contributed by atoms with van der Waals surface area (Å²) in [5, 5.41) is 49.0. The molecule has 1 aliphatic carbocycles. The highest BCUT2D eigenvalue weighted by molar-refractivity contribution is 5.99. The molecule has 10 aromatic rings. The van der Waals surface area contributed by atoms with Gasteiger partial charge < -0.3 is 80.0 Å². The van der Waals surface area contributed by atoms with Crippen LogP contribution in [0.4, 0.5) is 14.4 Å². The number of aliphatic carboxylic acids is 1. The number of fused-ring (bicyclic) bond motifs is 5. The van der Waals surface area contributed by atoms with Gasteiger partial charge in [0.15, 0.2) is 0 Å². The first-order chi connectivity index (χ1) is 69.2. The van der Waals surface area contributed by atoms with Gasteiger partial charge in [-0.1, -0.05) is 222 Å². The van der Waals surface area contributed by atoms with E-state index in [1.54, 1.807) is 150 Å². The molecule has 772 valence electrons. The molecule has 0 saturated carbocycles. The highest BCUT2D eigenvalue weighted by atomic mass is 16.6. The van der Waals surface area contributed by atoms with E-state index in [1.165, 1.54) is 66.5 Å². The third-order valence-corrected chi connectivity index (χ3v) is 26.0. The average Bonchev–Trinajstić information content (AvgIpc) is 1.62. The van der Waals surface area contributed by atoms with Crippen molar-refractivity contribution in [1.29, 1.82) is 0 Å². The fourth-order valence-electron chi connectivity index (χ4n) is 18.0. The average molecular weight is 2000 g/mol. The lowest BCUT2D eigenvalue weighted by molar-refractivity contribution is -0.147. The summed E-state index contributed by atoms with van der Waals surface area (Å²) in [7, 11) is 4.02. The second-order valence-electron chi connectivity index (χ2n) is 41.2. The molecule has 0 spiro atoms. The van der Waals surface area contributed by atoms with Crippen LogP contribution in [0.5, 0.6) is 11.5 Å². The molecule has 2 aromatic heterocycles. The Bertz CT molecular complexity index is 6410. The normalized spacial score (nSPS) is 16.8. The van der Waals surface area contributed by atoms with E-state index in [-0.39, 0.29) is 95.3 Å². The Morgan fingerprint density at radius 1 is 0.459 bits per heavy atom. The van der Waals surface area contributed by atoms with Gasteiger partial charge in [-0.2, -0.15) is 0 Å². The molecule has 7 N–H and O–H groups in total. The highest BCUT2D eigenvalue weighted by Gasteiger charge is 2.52. The number of nitrogens with zero attached hydrogens (tertiary/aromatic N) is 10. The van der Waals surface area contributed by atoms with Crippen LogP contribution in [0.25, 0.3) is 32.7 Å². The molecule has 3 aliphatic rings. The topological polar surface area (TPSA) is 453 Å². The van der Waals surface area contributed by atoms with Gasteiger partial charge in [0.05, 0.1) is 31.6 Å². The molecule has 146 heavy (non-hydrogen) atoms. The number of alkyl carbamates (subject to hydrolysis) is 1. The summed E-state index contributed by atoms with van der Waals surface area (Å²) in [6.07, 6.45) is 1.83. The van der Waals surface area contributed by atoms with Crippen molar-refractivity contribution in [2.75, 3.05) is 47.5 Å². The van der Waals surface area contributed by atoms with E-state index in [9.17, 15) is 43.5 Å². The largest absolute Gasteiger partial charge is 0.487 e. The van der Waals surface area contributed by atoms with Crippen LogP contribution < -0.4 is 41.4 Å². The molecule has 10 amide bonds. The van der Waals surface area contributed by atoms with Crippen molar-refractivity contribution in [3.8, 4) is 22.6 Å². The number of carbonyl (C=O) groups is 13. The van der Waals surface area contributed by atoms with E-state index in [1.807, 2.05) is 121 Å². The number of likely N-dealkylation sites (N-methyl/N-ethyl adjacent to an activating group) is 2. The molecule has 37 heteroatoms. The number of ether oxygens (including phenoxy) is 7. The first-order valence-corrected chi connectivity index (χ1v) is 48.7. The molecule has 0 bridgehead atoms. The van der Waals surface area contributed by atoms with Crippen LogP contribution in [0.3, 0.4) is 0 Å². The lowest BCUT2D eigenvalue weighted by Crippen LogP contribution is -2.62. The van der Waals surface area contributed by atoms with Crippen molar-refractivity contribution < 1.29 is 101 Å². The minimum absolute atomic E-state index is 0.0253. The van der Waals surface area contributed by atoms with Crippen molar-refractivity contribution in [3.05, 3.63) is 252 Å². The van der Waals surface area contributed by atoms with E-state index < -0.39 is 172 Å². The second kappa shape index (κ2) is 46.4. The zero-order valence-electron chi connectivity index (χ0n) is 85.3. The van der Waals surface area contributed by atoms with Crippen LogP contribution in [0.2, 0.25) is 0 Å². The molecule has 0 radical (unpaired) electrons. The van der Waals surface area contributed by atoms with E-state index in [0.29, 0.717) is 33.8 Å². The quantitative estimate of drug-likeness (QED) is 0.0107. The number of hydrogen-bond acceptors (Lipinski definition) is 24. The Kier molecular flexibility index (Phi) is 34.2. The molecule has 8 aromatic carbocycles. The summed E-state index contributed by atoms with van der Waals surface area (Å²) < 4.78 is 43.0. The van der Waals surface area contributed by atoms with Gasteiger partial charge in [-0.15, -0.1) is 10.2 Å². The second-order valence-corrected chi connectivity index (χ2v) is 41.2. The first-order valence-electron chi connectivity index (χ1n) is 48.7. The summed E-state index contributed by atoms with van der Waals surface area (Å²) >= 11 is 0. The summed E-state index contributed by atoms with van der Waals surface area (Å²) in [6, 6.07) is 40.0. The lowest BCUT2D eigenvalue weighted by Gasteiger charge is -2.37. The molecule has 8 unspecified atom stereocenters. The van der Waals surface area contributed by atoms with Crippen LogP contribution in [0, 0.1) is 10.8 Å². The predicted molar refractivity (Wildman–Crippen MR) is 541 cm³/mol. The molecular formula is C109H130N16O21. The molecule has 37 nitrogen and oxygen atoms in total. The molecular weight excluding hydrogens is 1870 g/mol. The summed E-state index contributed by atoms with van der Waals surface area (Å²) in [5.41, 5.74) is 3.21. The Hall–Kier alpha value is -15.6. The van der Waals surface area contributed by atoms with Gasteiger partial charge in [-0.05, 0) is 169 Å². The van der Waals surface area contributed by atoms with Crippen molar-refractivity contribution in [2.24, 2.45) is 10.8 Å². The molecule has 13 rings (SSSR count). The highest BCUT2D eigenvalue weighted by Crippen LogP contribution is 2.45. The summed E-state index contributed by atoms with van der Waals surface area (Å²) in [5.74, 6) is -7.68. The van der Waals surface area contributed by atoms with Crippen LogP contribution >= 0.6 is 0 Å². The summed E-state index contributed by atoms with van der Waals surface area (Å²) in [6.45, 7) is 26.5. The van der Waals surface area contributed by atoms with Gasteiger partial charge in [0.1, 0.15) is 121 Å². The molecule has 2 aliphatic heterocycles. The monoisotopic (exact) mass is 2000 g/mol. The van der Waals surface area contributed by atoms with Gasteiger partial charge in [0.2, 0.25) is 41.4 Å². The van der Waals surface area contributed by atoms with Crippen molar-refractivity contribution in [2.45, 2.75) is 238 Å². The molecule has 2 fully saturated rings. The van der Waals surface area contributed by atoms with E-state index in [4.69, 9.17) is 33.2 Å². The Morgan fingerprint density at radius 3 is 1.26 bits per heavy atom. The maximum absolute atomic E-state index is 16.1. The Balaban J connectivity index is 0.728. The maximum Gasteiger partial charge on any atom is 0.410 e. The number of esters is 2. The number of amides is 10. The Labute approximate surface area is 847 Å². The van der Waals surface area contributed by atoms with Crippen molar-refractivity contribution >= 4 is 99.1 Å². The maximum atomic E-state index is 16.1. The van der Waals surface area contributed by atoms with Crippen molar-refractivity contribution in [3.63, 3.8) is 0 Å². The van der Waals surface area contributed by atoms with Crippen LogP contribution in [-0.4, -0.2) is 251 Å². The van der Waals surface area contributed by atoms with Gasteiger partial charge in [0.25, 0.3) is 0 Å². The van der Waals surface area contributed by atoms with Gasteiger partial charge in [-0.3, -0.25) is 43.4 Å². The van der Waals surface area contributed by atoms with E-state index in [2.05, 4.69) is 59.1 Å². The zero-order chi connectivity index (χ0) is 106. The smallest absolute Gasteiger partial charge is 0.410 e. The molecule has 2 saturated heterocycles. The van der Waals surface area contributed by atoms with E-state index in [0.717, 1.165) is 53.6 Å². The first kappa shape index (κ1) is 108. The molecule has 12 atom stereocenters. The third kappa shape index (κ3) is 27.1. The summed E-state index contributed by atoms with van der Waals surface area (Å²) in [4.78, 5) is 192. The number of carboxylic acids is 1. The minimum atomic E-state index is -1.51.